The van der Waals surface area contributed by atoms with Crippen molar-refractivity contribution in [1.82, 2.24) is 0 Å². The van der Waals surface area contributed by atoms with Gasteiger partial charge in [0, 0.05) is 17.7 Å². The van der Waals surface area contributed by atoms with Gasteiger partial charge >= 0.3 is 0 Å². The number of hydrogen-bond donors (Lipinski definition) is 1. The molecule has 0 aliphatic carbocycles. The smallest absolute Gasteiger partial charge is 0.259 e. The van der Waals surface area contributed by atoms with E-state index in [-0.39, 0.29) is 16.8 Å². The van der Waals surface area contributed by atoms with Crippen molar-refractivity contribution in [3.63, 3.8) is 0 Å². The first-order chi connectivity index (χ1) is 13.5. The standard InChI is InChI=1S/C22H16ClFN2O2/c23-17-13-16(24)10-11-18(17)25-21(27)20-12-15-8-4-5-9-19(15)26(20)22(28)14-6-2-1-3-7-14/h1-11,13,20H,12H2,(H,25,27)/t20-/m0/s1. The van der Waals surface area contributed by atoms with Crippen LogP contribution in [0.4, 0.5) is 15.8 Å². The number of hydrogen-bond acceptors (Lipinski definition) is 2. The Bertz CT molecular complexity index is 1060. The average molecular weight is 395 g/mol. The Hall–Kier alpha value is -3.18. The summed E-state index contributed by atoms with van der Waals surface area (Å²) in [5.74, 6) is -1.12. The molecule has 0 radical (unpaired) electrons. The molecule has 1 aliphatic heterocycles. The fourth-order valence-electron chi connectivity index (χ4n) is 3.37. The summed E-state index contributed by atoms with van der Waals surface area (Å²) in [6.07, 6.45) is 0.388. The summed E-state index contributed by atoms with van der Waals surface area (Å²) in [6, 6.07) is 19.3. The molecule has 0 aromatic heterocycles. The summed E-state index contributed by atoms with van der Waals surface area (Å²) < 4.78 is 13.3. The number of nitrogens with one attached hydrogen (secondary N) is 1. The zero-order valence-corrected chi connectivity index (χ0v) is 15.5. The van der Waals surface area contributed by atoms with Crippen molar-refractivity contribution in [3.8, 4) is 0 Å². The summed E-state index contributed by atoms with van der Waals surface area (Å²) in [7, 11) is 0. The third-order valence-corrected chi connectivity index (χ3v) is 5.02. The second-order valence-electron chi connectivity index (χ2n) is 6.50. The van der Waals surface area contributed by atoms with Crippen LogP contribution in [-0.4, -0.2) is 17.9 Å². The number of carbonyl (C=O) groups excluding carboxylic acids is 2. The molecule has 1 aliphatic rings. The molecule has 140 valence electrons. The predicted molar refractivity (Wildman–Crippen MR) is 107 cm³/mol. The van der Waals surface area contributed by atoms with Crippen molar-refractivity contribution in [1.29, 1.82) is 0 Å². The van der Waals surface area contributed by atoms with Gasteiger partial charge in [-0.2, -0.15) is 0 Å². The zero-order valence-electron chi connectivity index (χ0n) is 14.7. The highest BCUT2D eigenvalue weighted by molar-refractivity contribution is 6.33. The normalized spacial score (nSPS) is 15.2. The van der Waals surface area contributed by atoms with Crippen LogP contribution in [0.1, 0.15) is 15.9 Å². The number of amides is 2. The molecule has 3 aromatic carbocycles. The number of halogens is 2. The summed E-state index contributed by atoms with van der Waals surface area (Å²) in [4.78, 5) is 27.7. The van der Waals surface area contributed by atoms with Crippen molar-refractivity contribution in [2.24, 2.45) is 0 Å². The fourth-order valence-corrected chi connectivity index (χ4v) is 3.59. The van der Waals surface area contributed by atoms with Gasteiger partial charge in [-0.15, -0.1) is 0 Å². The monoisotopic (exact) mass is 394 g/mol. The van der Waals surface area contributed by atoms with Crippen molar-refractivity contribution < 1.29 is 14.0 Å². The maximum atomic E-state index is 13.3. The molecular weight excluding hydrogens is 379 g/mol. The van der Waals surface area contributed by atoms with Crippen LogP contribution < -0.4 is 10.2 Å². The Morgan fingerprint density at radius 1 is 1.00 bits per heavy atom. The lowest BCUT2D eigenvalue weighted by molar-refractivity contribution is -0.117. The predicted octanol–water partition coefficient (Wildman–Crippen LogP) is 4.69. The first-order valence-corrected chi connectivity index (χ1v) is 9.15. The molecule has 2 amide bonds. The van der Waals surface area contributed by atoms with Gasteiger partial charge in [-0.3, -0.25) is 14.5 Å². The minimum absolute atomic E-state index is 0.102. The van der Waals surface area contributed by atoms with Gasteiger partial charge in [0.1, 0.15) is 11.9 Å². The van der Waals surface area contributed by atoms with Gasteiger partial charge < -0.3 is 5.32 Å². The lowest BCUT2D eigenvalue weighted by Gasteiger charge is -2.25. The Morgan fingerprint density at radius 3 is 2.46 bits per heavy atom. The third-order valence-electron chi connectivity index (χ3n) is 4.71. The van der Waals surface area contributed by atoms with E-state index in [4.69, 9.17) is 11.6 Å². The maximum Gasteiger partial charge on any atom is 0.259 e. The van der Waals surface area contributed by atoms with Gasteiger partial charge in [0.25, 0.3) is 5.91 Å². The molecule has 0 saturated carbocycles. The van der Waals surface area contributed by atoms with Crippen LogP contribution in [-0.2, 0) is 11.2 Å². The summed E-state index contributed by atoms with van der Waals surface area (Å²) in [5.41, 5.74) is 2.42. The number of fused-ring (bicyclic) bond motifs is 1. The van der Waals surface area contributed by atoms with Crippen LogP contribution in [0, 0.1) is 5.82 Å². The molecule has 1 atom stereocenters. The number of carbonyl (C=O) groups is 2. The first-order valence-electron chi connectivity index (χ1n) is 8.77. The number of nitrogens with zero attached hydrogens (tertiary/aromatic N) is 1. The van der Waals surface area contributed by atoms with Crippen LogP contribution in [0.25, 0.3) is 0 Å². The van der Waals surface area contributed by atoms with Crippen LogP contribution in [0.5, 0.6) is 0 Å². The van der Waals surface area contributed by atoms with Gasteiger partial charge in [-0.25, -0.2) is 4.39 Å². The Labute approximate surface area is 166 Å². The molecule has 4 rings (SSSR count). The molecule has 1 heterocycles. The minimum Gasteiger partial charge on any atom is -0.323 e. The van der Waals surface area contributed by atoms with E-state index in [1.54, 1.807) is 24.3 Å². The topological polar surface area (TPSA) is 49.4 Å². The zero-order chi connectivity index (χ0) is 19.7. The van der Waals surface area contributed by atoms with Crippen molar-refractivity contribution in [3.05, 3.63) is 94.8 Å². The molecule has 28 heavy (non-hydrogen) atoms. The summed E-state index contributed by atoms with van der Waals surface area (Å²) in [6.45, 7) is 0. The molecule has 1 N–H and O–H groups in total. The van der Waals surface area contributed by atoms with E-state index >= 15 is 0 Å². The Balaban J connectivity index is 1.67. The van der Waals surface area contributed by atoms with Gasteiger partial charge in [-0.05, 0) is 42.0 Å². The minimum atomic E-state index is -0.730. The van der Waals surface area contributed by atoms with E-state index in [1.165, 1.54) is 17.0 Å². The molecule has 0 saturated heterocycles. The molecule has 0 unspecified atom stereocenters. The lowest BCUT2D eigenvalue weighted by atomic mass is 10.1. The number of rotatable bonds is 3. The third kappa shape index (κ3) is 3.37. The van der Waals surface area contributed by atoms with E-state index in [0.717, 1.165) is 11.6 Å². The number of benzene rings is 3. The van der Waals surface area contributed by atoms with Gasteiger partial charge in [0.2, 0.25) is 5.91 Å². The molecule has 0 fully saturated rings. The van der Waals surface area contributed by atoms with E-state index < -0.39 is 11.9 Å². The van der Waals surface area contributed by atoms with Crippen molar-refractivity contribution in [2.75, 3.05) is 10.2 Å². The molecular formula is C22H16ClFN2O2. The van der Waals surface area contributed by atoms with Crippen LogP contribution in [0.15, 0.2) is 72.8 Å². The highest BCUT2D eigenvalue weighted by Crippen LogP contribution is 2.34. The second-order valence-corrected chi connectivity index (χ2v) is 6.91. The summed E-state index contributed by atoms with van der Waals surface area (Å²) >= 11 is 6.03. The fraction of sp³-hybridized carbons (Fsp3) is 0.0909. The van der Waals surface area contributed by atoms with Crippen LogP contribution in [0.3, 0.4) is 0 Å². The van der Waals surface area contributed by atoms with E-state index in [1.807, 2.05) is 30.3 Å². The number of para-hydroxylation sites is 1. The molecule has 0 spiro atoms. The lowest BCUT2D eigenvalue weighted by Crippen LogP contribution is -2.45. The Morgan fingerprint density at radius 2 is 1.71 bits per heavy atom. The SMILES string of the molecule is O=C(Nc1ccc(F)cc1Cl)[C@@H]1Cc2ccccc2N1C(=O)c1ccccc1. The van der Waals surface area contributed by atoms with E-state index in [0.29, 0.717) is 23.4 Å². The average Bonchev–Trinajstić information content (AvgIpc) is 3.10. The van der Waals surface area contributed by atoms with Crippen LogP contribution in [0.2, 0.25) is 5.02 Å². The molecule has 0 bridgehead atoms. The van der Waals surface area contributed by atoms with E-state index in [2.05, 4.69) is 5.32 Å². The van der Waals surface area contributed by atoms with Gasteiger partial charge in [0.15, 0.2) is 0 Å². The molecule has 3 aromatic rings. The number of anilines is 2. The quantitative estimate of drug-likeness (QED) is 0.700. The molecule has 4 nitrogen and oxygen atoms in total. The first kappa shape index (κ1) is 18.2. The van der Waals surface area contributed by atoms with Gasteiger partial charge in [-0.1, -0.05) is 48.0 Å². The van der Waals surface area contributed by atoms with Crippen LogP contribution >= 0.6 is 11.6 Å². The summed E-state index contributed by atoms with van der Waals surface area (Å²) in [5, 5.41) is 2.82. The largest absolute Gasteiger partial charge is 0.323 e. The van der Waals surface area contributed by atoms with Crippen molar-refractivity contribution >= 4 is 34.8 Å². The Kier molecular flexibility index (Phi) is 4.84. The van der Waals surface area contributed by atoms with Gasteiger partial charge in [0.05, 0.1) is 10.7 Å². The molecule has 6 heteroatoms. The highest BCUT2D eigenvalue weighted by atomic mass is 35.5. The second kappa shape index (κ2) is 7.44. The maximum absolute atomic E-state index is 13.3. The van der Waals surface area contributed by atoms with E-state index in [9.17, 15) is 14.0 Å². The van der Waals surface area contributed by atoms with Crippen molar-refractivity contribution in [2.45, 2.75) is 12.5 Å². The highest BCUT2D eigenvalue weighted by Gasteiger charge is 2.38.